The van der Waals surface area contributed by atoms with Crippen LogP contribution in [0.4, 0.5) is 4.39 Å². The Kier molecular flexibility index (Phi) is 4.14. The summed E-state index contributed by atoms with van der Waals surface area (Å²) in [5.74, 6) is 0.539. The first-order valence-corrected chi connectivity index (χ1v) is 9.36. The molecule has 2 aromatic heterocycles. The number of fused-ring (bicyclic) bond motifs is 2. The molecule has 1 aliphatic rings. The molecule has 138 valence electrons. The van der Waals surface area contributed by atoms with Crippen molar-refractivity contribution in [2.75, 3.05) is 32.7 Å². The van der Waals surface area contributed by atoms with Gasteiger partial charge in [0.05, 0.1) is 0 Å². The van der Waals surface area contributed by atoms with Crippen LogP contribution in [0.3, 0.4) is 0 Å². The number of hydrogen-bond acceptors (Lipinski definition) is 4. The Hall–Kier alpha value is -2.70. The smallest absolute Gasteiger partial charge is 0.196 e. The van der Waals surface area contributed by atoms with E-state index < -0.39 is 0 Å². The Morgan fingerprint density at radius 1 is 1.11 bits per heavy atom. The van der Waals surface area contributed by atoms with Crippen LogP contribution in [0.2, 0.25) is 0 Å². The fourth-order valence-corrected chi connectivity index (χ4v) is 3.77. The van der Waals surface area contributed by atoms with Gasteiger partial charge in [-0.1, -0.05) is 6.07 Å². The standard InChI is InChI=1S/C21H21FN4O/c22-15-2-3-16-17(13-24-19(16)12-15)14-1-4-18-20(11-14)27-21(25-18)5-8-26-9-6-23-7-10-26/h1-4,11-13,23-24H,5-10H2. The number of benzene rings is 2. The number of aromatic nitrogens is 2. The number of halogens is 1. The molecule has 1 saturated heterocycles. The van der Waals surface area contributed by atoms with Crippen molar-refractivity contribution in [2.45, 2.75) is 6.42 Å². The summed E-state index contributed by atoms with van der Waals surface area (Å²) < 4.78 is 19.4. The van der Waals surface area contributed by atoms with E-state index in [2.05, 4.69) is 20.2 Å². The van der Waals surface area contributed by atoms with Crippen LogP contribution in [0.15, 0.2) is 47.0 Å². The van der Waals surface area contributed by atoms with Gasteiger partial charge in [0.1, 0.15) is 11.3 Å². The molecule has 0 radical (unpaired) electrons. The highest BCUT2D eigenvalue weighted by Gasteiger charge is 2.13. The molecule has 0 bridgehead atoms. The summed E-state index contributed by atoms with van der Waals surface area (Å²) in [5.41, 5.74) is 4.52. The molecule has 0 saturated carbocycles. The van der Waals surface area contributed by atoms with Gasteiger partial charge >= 0.3 is 0 Å². The van der Waals surface area contributed by atoms with Crippen molar-refractivity contribution in [3.63, 3.8) is 0 Å². The Balaban J connectivity index is 1.41. The first-order valence-electron chi connectivity index (χ1n) is 9.36. The normalized spacial score (nSPS) is 15.7. The summed E-state index contributed by atoms with van der Waals surface area (Å²) in [4.78, 5) is 10.2. The lowest BCUT2D eigenvalue weighted by molar-refractivity contribution is 0.238. The highest BCUT2D eigenvalue weighted by molar-refractivity contribution is 5.97. The third-order valence-electron chi connectivity index (χ3n) is 5.24. The first-order chi connectivity index (χ1) is 13.3. The number of rotatable bonds is 4. The summed E-state index contributed by atoms with van der Waals surface area (Å²) in [7, 11) is 0. The molecule has 0 aliphatic carbocycles. The fourth-order valence-electron chi connectivity index (χ4n) is 3.77. The second-order valence-corrected chi connectivity index (χ2v) is 7.02. The third-order valence-corrected chi connectivity index (χ3v) is 5.24. The average molecular weight is 364 g/mol. The highest BCUT2D eigenvalue weighted by atomic mass is 19.1. The predicted octanol–water partition coefficient (Wildman–Crippen LogP) is 3.56. The van der Waals surface area contributed by atoms with Gasteiger partial charge < -0.3 is 19.6 Å². The minimum Gasteiger partial charge on any atom is -0.441 e. The number of nitrogens with zero attached hydrogens (tertiary/aromatic N) is 2. The SMILES string of the molecule is Fc1ccc2c(-c3ccc4nc(CCN5CCNCC5)oc4c3)c[nH]c2c1. The Bertz CT molecular complexity index is 1090. The third kappa shape index (κ3) is 3.22. The first kappa shape index (κ1) is 16.5. The summed E-state index contributed by atoms with van der Waals surface area (Å²) in [6.07, 6.45) is 2.73. The van der Waals surface area contributed by atoms with Crippen molar-refractivity contribution in [1.29, 1.82) is 0 Å². The number of aromatic amines is 1. The molecule has 2 N–H and O–H groups in total. The number of hydrogen-bond donors (Lipinski definition) is 2. The predicted molar refractivity (Wildman–Crippen MR) is 104 cm³/mol. The minimum absolute atomic E-state index is 0.240. The topological polar surface area (TPSA) is 57.1 Å². The lowest BCUT2D eigenvalue weighted by atomic mass is 10.0. The van der Waals surface area contributed by atoms with E-state index in [0.717, 1.165) is 78.2 Å². The van der Waals surface area contributed by atoms with E-state index in [-0.39, 0.29) is 5.82 Å². The van der Waals surface area contributed by atoms with E-state index in [9.17, 15) is 4.39 Å². The number of H-pyrrole nitrogens is 1. The second kappa shape index (κ2) is 6.79. The quantitative estimate of drug-likeness (QED) is 0.581. The van der Waals surface area contributed by atoms with Crippen molar-refractivity contribution in [3.05, 3.63) is 54.3 Å². The van der Waals surface area contributed by atoms with Crippen LogP contribution < -0.4 is 5.32 Å². The summed E-state index contributed by atoms with van der Waals surface area (Å²) in [5, 5.41) is 4.36. The maximum atomic E-state index is 13.4. The largest absolute Gasteiger partial charge is 0.441 e. The van der Waals surface area contributed by atoms with Gasteiger partial charge in [-0.15, -0.1) is 0 Å². The Morgan fingerprint density at radius 3 is 2.89 bits per heavy atom. The van der Waals surface area contributed by atoms with Gasteiger partial charge in [0.15, 0.2) is 11.5 Å². The van der Waals surface area contributed by atoms with Gasteiger partial charge in [-0.05, 0) is 35.9 Å². The molecule has 4 aromatic rings. The van der Waals surface area contributed by atoms with E-state index in [0.29, 0.717) is 0 Å². The molecule has 3 heterocycles. The van der Waals surface area contributed by atoms with Crippen LogP contribution in [0.5, 0.6) is 0 Å². The number of oxazole rings is 1. The van der Waals surface area contributed by atoms with Crippen LogP contribution >= 0.6 is 0 Å². The molecule has 27 heavy (non-hydrogen) atoms. The molecule has 0 spiro atoms. The molecular weight excluding hydrogens is 343 g/mol. The fraction of sp³-hybridized carbons (Fsp3) is 0.286. The van der Waals surface area contributed by atoms with Gasteiger partial charge in [0.25, 0.3) is 0 Å². The van der Waals surface area contributed by atoms with Crippen molar-refractivity contribution in [1.82, 2.24) is 20.2 Å². The zero-order valence-electron chi connectivity index (χ0n) is 15.0. The van der Waals surface area contributed by atoms with E-state index in [4.69, 9.17) is 4.42 Å². The van der Waals surface area contributed by atoms with E-state index in [1.54, 1.807) is 6.07 Å². The van der Waals surface area contributed by atoms with Gasteiger partial charge in [-0.25, -0.2) is 9.37 Å². The Labute approximate surface area is 156 Å². The van der Waals surface area contributed by atoms with Crippen LogP contribution in [-0.4, -0.2) is 47.6 Å². The van der Waals surface area contributed by atoms with Crippen LogP contribution in [0.1, 0.15) is 5.89 Å². The maximum Gasteiger partial charge on any atom is 0.196 e. The Morgan fingerprint density at radius 2 is 2.00 bits per heavy atom. The average Bonchev–Trinajstić information content (AvgIpc) is 3.29. The molecule has 0 atom stereocenters. The molecule has 0 unspecified atom stereocenters. The summed E-state index contributed by atoms with van der Waals surface area (Å²) in [6, 6.07) is 10.9. The lowest BCUT2D eigenvalue weighted by Gasteiger charge is -2.26. The van der Waals surface area contributed by atoms with Crippen LogP contribution in [0.25, 0.3) is 33.1 Å². The van der Waals surface area contributed by atoms with Crippen molar-refractivity contribution >= 4 is 22.0 Å². The van der Waals surface area contributed by atoms with Crippen LogP contribution in [0, 0.1) is 5.82 Å². The molecule has 2 aromatic carbocycles. The number of nitrogens with one attached hydrogen (secondary N) is 2. The molecule has 1 aliphatic heterocycles. The van der Waals surface area contributed by atoms with Crippen molar-refractivity contribution in [3.8, 4) is 11.1 Å². The van der Waals surface area contributed by atoms with Crippen molar-refractivity contribution < 1.29 is 8.81 Å². The second-order valence-electron chi connectivity index (χ2n) is 7.02. The highest BCUT2D eigenvalue weighted by Crippen LogP contribution is 2.31. The zero-order valence-corrected chi connectivity index (χ0v) is 15.0. The molecular formula is C21H21FN4O. The monoisotopic (exact) mass is 364 g/mol. The van der Waals surface area contributed by atoms with E-state index >= 15 is 0 Å². The molecule has 0 amide bonds. The van der Waals surface area contributed by atoms with Gasteiger partial charge in [0, 0.05) is 61.8 Å². The molecule has 5 nitrogen and oxygen atoms in total. The van der Waals surface area contributed by atoms with E-state index in [1.807, 2.05) is 24.4 Å². The zero-order chi connectivity index (χ0) is 18.2. The number of piperazine rings is 1. The summed E-state index contributed by atoms with van der Waals surface area (Å²) in [6.45, 7) is 5.21. The van der Waals surface area contributed by atoms with Gasteiger partial charge in [0.2, 0.25) is 0 Å². The maximum absolute atomic E-state index is 13.4. The van der Waals surface area contributed by atoms with E-state index in [1.165, 1.54) is 12.1 Å². The molecule has 5 rings (SSSR count). The van der Waals surface area contributed by atoms with Crippen molar-refractivity contribution in [2.24, 2.45) is 0 Å². The molecule has 6 heteroatoms. The summed E-state index contributed by atoms with van der Waals surface area (Å²) >= 11 is 0. The molecule has 1 fully saturated rings. The van der Waals surface area contributed by atoms with Gasteiger partial charge in [-0.3, -0.25) is 0 Å². The van der Waals surface area contributed by atoms with Crippen LogP contribution in [-0.2, 0) is 6.42 Å². The van der Waals surface area contributed by atoms with Gasteiger partial charge in [-0.2, -0.15) is 0 Å². The minimum atomic E-state index is -0.240. The lowest BCUT2D eigenvalue weighted by Crippen LogP contribution is -2.44.